The summed E-state index contributed by atoms with van der Waals surface area (Å²) >= 11 is 0. The van der Waals surface area contributed by atoms with Crippen LogP contribution in [0.25, 0.3) is 0 Å². The molecular formula is C20H28FN3O. The van der Waals surface area contributed by atoms with Crippen LogP contribution in [0.4, 0.5) is 4.39 Å². The van der Waals surface area contributed by atoms with Gasteiger partial charge in [0.1, 0.15) is 5.82 Å². The monoisotopic (exact) mass is 345 g/mol. The van der Waals surface area contributed by atoms with Crippen LogP contribution < -0.4 is 5.32 Å². The lowest BCUT2D eigenvalue weighted by Gasteiger charge is -2.43. The SMILES string of the molecule is CN=C(NCC1(c2ccc(F)cc2)CCC1)N1CCC2(CCOC2)C1. The number of aliphatic imine (C=N–C) groups is 1. The second kappa shape index (κ2) is 6.60. The number of nitrogens with zero attached hydrogens (tertiary/aromatic N) is 2. The Bertz CT molecular complexity index is 633. The molecule has 5 heteroatoms. The topological polar surface area (TPSA) is 36.9 Å². The minimum atomic E-state index is -0.164. The van der Waals surface area contributed by atoms with Gasteiger partial charge in [-0.3, -0.25) is 4.99 Å². The molecule has 4 rings (SSSR count). The molecule has 0 amide bonds. The number of ether oxygens (including phenoxy) is 1. The predicted molar refractivity (Wildman–Crippen MR) is 97.3 cm³/mol. The van der Waals surface area contributed by atoms with E-state index in [2.05, 4.69) is 15.2 Å². The quantitative estimate of drug-likeness (QED) is 0.676. The Kier molecular flexibility index (Phi) is 4.44. The van der Waals surface area contributed by atoms with Crippen molar-refractivity contribution in [3.05, 3.63) is 35.6 Å². The van der Waals surface area contributed by atoms with Crippen LogP contribution in [-0.4, -0.2) is 50.8 Å². The van der Waals surface area contributed by atoms with Gasteiger partial charge in [-0.2, -0.15) is 0 Å². The van der Waals surface area contributed by atoms with Crippen molar-refractivity contribution in [1.82, 2.24) is 10.2 Å². The van der Waals surface area contributed by atoms with E-state index in [1.54, 1.807) is 12.1 Å². The first-order valence-corrected chi connectivity index (χ1v) is 9.44. The molecule has 1 aliphatic carbocycles. The van der Waals surface area contributed by atoms with Gasteiger partial charge < -0.3 is 15.0 Å². The number of halogens is 1. The molecule has 4 nitrogen and oxygen atoms in total. The summed E-state index contributed by atoms with van der Waals surface area (Å²) in [6.07, 6.45) is 5.90. The number of nitrogens with one attached hydrogen (secondary N) is 1. The highest BCUT2D eigenvalue weighted by atomic mass is 19.1. The van der Waals surface area contributed by atoms with Crippen LogP contribution in [-0.2, 0) is 10.2 Å². The second-order valence-corrected chi connectivity index (χ2v) is 8.02. The summed E-state index contributed by atoms with van der Waals surface area (Å²) in [5.41, 5.74) is 1.70. The Morgan fingerprint density at radius 3 is 2.64 bits per heavy atom. The average molecular weight is 345 g/mol. The van der Waals surface area contributed by atoms with Crippen LogP contribution in [0.1, 0.15) is 37.7 Å². The van der Waals surface area contributed by atoms with Crippen molar-refractivity contribution in [1.29, 1.82) is 0 Å². The number of likely N-dealkylation sites (tertiary alicyclic amines) is 1. The van der Waals surface area contributed by atoms with Crippen LogP contribution in [0, 0.1) is 11.2 Å². The van der Waals surface area contributed by atoms with Crippen molar-refractivity contribution >= 4 is 5.96 Å². The number of hydrogen-bond acceptors (Lipinski definition) is 2. The van der Waals surface area contributed by atoms with Crippen LogP contribution in [0.2, 0.25) is 0 Å². The normalized spacial score (nSPS) is 28.4. The highest BCUT2D eigenvalue weighted by Crippen LogP contribution is 2.43. The highest BCUT2D eigenvalue weighted by Gasteiger charge is 2.43. The summed E-state index contributed by atoms with van der Waals surface area (Å²) in [7, 11) is 1.86. The van der Waals surface area contributed by atoms with Gasteiger partial charge in [0.15, 0.2) is 5.96 Å². The third-order valence-corrected chi connectivity index (χ3v) is 6.49. The highest BCUT2D eigenvalue weighted by molar-refractivity contribution is 5.80. The maximum absolute atomic E-state index is 13.3. The van der Waals surface area contributed by atoms with Gasteiger partial charge in [0, 0.05) is 44.1 Å². The zero-order valence-electron chi connectivity index (χ0n) is 15.1. The van der Waals surface area contributed by atoms with Crippen molar-refractivity contribution in [2.75, 3.05) is 39.9 Å². The molecule has 3 fully saturated rings. The van der Waals surface area contributed by atoms with Gasteiger partial charge in [0.25, 0.3) is 0 Å². The van der Waals surface area contributed by atoms with Gasteiger partial charge in [-0.1, -0.05) is 18.6 Å². The smallest absolute Gasteiger partial charge is 0.193 e. The fourth-order valence-electron chi connectivity index (χ4n) is 4.64. The largest absolute Gasteiger partial charge is 0.381 e. The molecule has 1 saturated carbocycles. The minimum absolute atomic E-state index is 0.123. The van der Waals surface area contributed by atoms with Gasteiger partial charge in [0.05, 0.1) is 6.61 Å². The first-order valence-electron chi connectivity index (χ1n) is 9.44. The predicted octanol–water partition coefficient (Wildman–Crippen LogP) is 2.94. The summed E-state index contributed by atoms with van der Waals surface area (Å²) in [6, 6.07) is 7.04. The Hall–Kier alpha value is -1.62. The molecule has 136 valence electrons. The Labute approximate surface area is 149 Å². The Balaban J connectivity index is 1.41. The van der Waals surface area contributed by atoms with E-state index in [4.69, 9.17) is 4.74 Å². The van der Waals surface area contributed by atoms with Crippen LogP contribution in [0.15, 0.2) is 29.3 Å². The number of guanidine groups is 1. The van der Waals surface area contributed by atoms with Crippen LogP contribution in [0.5, 0.6) is 0 Å². The molecule has 1 spiro atoms. The molecule has 25 heavy (non-hydrogen) atoms. The summed E-state index contributed by atoms with van der Waals surface area (Å²) in [4.78, 5) is 6.91. The van der Waals surface area contributed by atoms with Gasteiger partial charge in [-0.15, -0.1) is 0 Å². The minimum Gasteiger partial charge on any atom is -0.381 e. The lowest BCUT2D eigenvalue weighted by atomic mass is 9.64. The van der Waals surface area contributed by atoms with Crippen molar-refractivity contribution in [3.8, 4) is 0 Å². The van der Waals surface area contributed by atoms with Crippen molar-refractivity contribution in [2.45, 2.75) is 37.5 Å². The van der Waals surface area contributed by atoms with Gasteiger partial charge >= 0.3 is 0 Å². The van der Waals surface area contributed by atoms with Gasteiger partial charge in [-0.25, -0.2) is 4.39 Å². The standard InChI is InChI=1S/C20H28FN3O/c1-22-18(24-11-9-19(14-24)10-12-25-15-19)23-13-20(7-2-8-20)16-3-5-17(21)6-4-16/h3-6H,2,7-15H2,1H3,(H,22,23). The first kappa shape index (κ1) is 16.8. The van der Waals surface area contributed by atoms with E-state index in [0.29, 0.717) is 5.41 Å². The molecule has 0 radical (unpaired) electrons. The van der Waals surface area contributed by atoms with Crippen molar-refractivity contribution in [3.63, 3.8) is 0 Å². The Morgan fingerprint density at radius 1 is 1.24 bits per heavy atom. The summed E-state index contributed by atoms with van der Waals surface area (Å²) in [5, 5.41) is 3.61. The molecular weight excluding hydrogens is 317 g/mol. The molecule has 1 aromatic carbocycles. The third kappa shape index (κ3) is 3.14. The van der Waals surface area contributed by atoms with E-state index in [1.165, 1.54) is 24.8 Å². The van der Waals surface area contributed by atoms with Crippen molar-refractivity contribution in [2.24, 2.45) is 10.4 Å². The van der Waals surface area contributed by atoms with Gasteiger partial charge in [-0.05, 0) is 43.4 Å². The average Bonchev–Trinajstić information content (AvgIpc) is 3.22. The maximum Gasteiger partial charge on any atom is 0.193 e. The van der Waals surface area contributed by atoms with E-state index >= 15 is 0 Å². The van der Waals surface area contributed by atoms with Crippen LogP contribution in [0.3, 0.4) is 0 Å². The fourth-order valence-corrected chi connectivity index (χ4v) is 4.64. The number of hydrogen-bond donors (Lipinski definition) is 1. The van der Waals surface area contributed by atoms with E-state index in [0.717, 1.165) is 51.6 Å². The molecule has 2 heterocycles. The van der Waals surface area contributed by atoms with Crippen LogP contribution >= 0.6 is 0 Å². The molecule has 3 aliphatic rings. The van der Waals surface area contributed by atoms with E-state index in [1.807, 2.05) is 19.2 Å². The number of benzene rings is 1. The fraction of sp³-hybridized carbons (Fsp3) is 0.650. The zero-order valence-corrected chi connectivity index (χ0v) is 15.1. The van der Waals surface area contributed by atoms with Gasteiger partial charge in [0.2, 0.25) is 0 Å². The molecule has 1 N–H and O–H groups in total. The van der Waals surface area contributed by atoms with E-state index < -0.39 is 0 Å². The van der Waals surface area contributed by atoms with E-state index in [9.17, 15) is 4.39 Å². The molecule has 1 unspecified atom stereocenters. The molecule has 2 saturated heterocycles. The molecule has 0 aromatic heterocycles. The molecule has 2 aliphatic heterocycles. The second-order valence-electron chi connectivity index (χ2n) is 8.02. The first-order chi connectivity index (χ1) is 12.1. The maximum atomic E-state index is 13.3. The number of rotatable bonds is 3. The summed E-state index contributed by atoms with van der Waals surface area (Å²) < 4.78 is 18.9. The molecule has 1 atom stereocenters. The summed E-state index contributed by atoms with van der Waals surface area (Å²) in [5.74, 6) is 0.834. The molecule has 0 bridgehead atoms. The molecule has 1 aromatic rings. The lowest BCUT2D eigenvalue weighted by Crippen LogP contribution is -2.50. The Morgan fingerprint density at radius 2 is 2.04 bits per heavy atom. The van der Waals surface area contributed by atoms with E-state index in [-0.39, 0.29) is 11.2 Å². The summed E-state index contributed by atoms with van der Waals surface area (Å²) in [6.45, 7) is 4.74. The van der Waals surface area contributed by atoms with Crippen molar-refractivity contribution < 1.29 is 9.13 Å². The third-order valence-electron chi connectivity index (χ3n) is 6.49. The lowest BCUT2D eigenvalue weighted by molar-refractivity contribution is 0.156. The zero-order chi connectivity index (χ0) is 17.3.